The molecule has 0 aliphatic carbocycles. The predicted molar refractivity (Wildman–Crippen MR) is 64.4 cm³/mol. The van der Waals surface area contributed by atoms with Crippen LogP contribution in [0.4, 0.5) is 5.82 Å². The van der Waals surface area contributed by atoms with Crippen LogP contribution < -0.4 is 4.90 Å². The van der Waals surface area contributed by atoms with Crippen molar-refractivity contribution < 1.29 is 5.11 Å². The Labute approximate surface area is 96.9 Å². The summed E-state index contributed by atoms with van der Waals surface area (Å²) in [6.07, 6.45) is 0. The first kappa shape index (κ1) is 11.5. The number of aryl methyl sites for hydroxylation is 2. The smallest absolute Gasteiger partial charge is 0.132 e. The van der Waals surface area contributed by atoms with Crippen molar-refractivity contribution in [3.63, 3.8) is 0 Å². The Hall–Kier alpha value is -1.03. The third kappa shape index (κ3) is 1.71. The van der Waals surface area contributed by atoms with Gasteiger partial charge in [0.25, 0.3) is 0 Å². The maximum Gasteiger partial charge on any atom is 0.132 e. The van der Waals surface area contributed by atoms with E-state index in [2.05, 4.69) is 23.8 Å². The molecule has 2 heterocycles. The van der Waals surface area contributed by atoms with E-state index < -0.39 is 0 Å². The van der Waals surface area contributed by atoms with Gasteiger partial charge in [-0.05, 0) is 18.8 Å². The predicted octanol–water partition coefficient (Wildman–Crippen LogP) is 1.31. The standard InChI is InChI=1S/C12H21N3O/c1-8-5-15(6-9(8)2)12-11(7-16)10(3)13-14(12)4/h8-9,16H,5-7H2,1-4H3. The van der Waals surface area contributed by atoms with Gasteiger partial charge in [-0.15, -0.1) is 0 Å². The van der Waals surface area contributed by atoms with Gasteiger partial charge in [0.05, 0.1) is 12.3 Å². The van der Waals surface area contributed by atoms with E-state index in [-0.39, 0.29) is 6.61 Å². The van der Waals surface area contributed by atoms with Crippen LogP contribution in [0.5, 0.6) is 0 Å². The van der Waals surface area contributed by atoms with Crippen LogP contribution in [-0.4, -0.2) is 28.0 Å². The van der Waals surface area contributed by atoms with Gasteiger partial charge >= 0.3 is 0 Å². The molecule has 1 saturated heterocycles. The van der Waals surface area contributed by atoms with Crippen molar-refractivity contribution in [3.8, 4) is 0 Å². The quantitative estimate of drug-likeness (QED) is 0.822. The molecular weight excluding hydrogens is 202 g/mol. The molecule has 2 rings (SSSR count). The lowest BCUT2D eigenvalue weighted by molar-refractivity contribution is 0.281. The van der Waals surface area contributed by atoms with Crippen molar-refractivity contribution in [3.05, 3.63) is 11.3 Å². The molecule has 0 spiro atoms. The van der Waals surface area contributed by atoms with E-state index in [0.717, 1.165) is 30.2 Å². The second-order valence-electron chi connectivity index (χ2n) is 5.03. The number of aromatic nitrogens is 2. The zero-order valence-corrected chi connectivity index (χ0v) is 10.6. The molecule has 1 fully saturated rings. The molecule has 1 aromatic heterocycles. The van der Waals surface area contributed by atoms with Crippen molar-refractivity contribution in [2.24, 2.45) is 18.9 Å². The number of rotatable bonds is 2. The van der Waals surface area contributed by atoms with Crippen LogP contribution in [-0.2, 0) is 13.7 Å². The fraction of sp³-hybridized carbons (Fsp3) is 0.750. The lowest BCUT2D eigenvalue weighted by Crippen LogP contribution is -2.23. The van der Waals surface area contributed by atoms with E-state index >= 15 is 0 Å². The fourth-order valence-corrected chi connectivity index (χ4v) is 2.57. The Bertz CT molecular complexity index is 376. The second kappa shape index (κ2) is 4.09. The van der Waals surface area contributed by atoms with Crippen LogP contribution in [0.1, 0.15) is 25.1 Å². The molecule has 1 N–H and O–H groups in total. The van der Waals surface area contributed by atoms with Gasteiger partial charge in [0.1, 0.15) is 5.82 Å². The average Bonchev–Trinajstić information content (AvgIpc) is 2.67. The first-order valence-electron chi connectivity index (χ1n) is 5.92. The molecule has 0 saturated carbocycles. The van der Waals surface area contributed by atoms with E-state index in [1.807, 2.05) is 18.7 Å². The highest BCUT2D eigenvalue weighted by Gasteiger charge is 2.29. The van der Waals surface area contributed by atoms with E-state index in [4.69, 9.17) is 0 Å². The molecule has 4 heteroatoms. The zero-order valence-electron chi connectivity index (χ0n) is 10.6. The van der Waals surface area contributed by atoms with Crippen LogP contribution in [0.15, 0.2) is 0 Å². The van der Waals surface area contributed by atoms with Crippen molar-refractivity contribution in [2.45, 2.75) is 27.4 Å². The van der Waals surface area contributed by atoms with Gasteiger partial charge in [0.2, 0.25) is 0 Å². The van der Waals surface area contributed by atoms with Crippen molar-refractivity contribution in [1.82, 2.24) is 9.78 Å². The first-order valence-corrected chi connectivity index (χ1v) is 5.92. The van der Waals surface area contributed by atoms with Gasteiger partial charge in [-0.1, -0.05) is 13.8 Å². The number of nitrogens with zero attached hydrogens (tertiary/aromatic N) is 3. The van der Waals surface area contributed by atoms with Crippen LogP contribution in [0.25, 0.3) is 0 Å². The number of hydrogen-bond donors (Lipinski definition) is 1. The monoisotopic (exact) mass is 223 g/mol. The van der Waals surface area contributed by atoms with Crippen LogP contribution in [0.3, 0.4) is 0 Å². The average molecular weight is 223 g/mol. The lowest BCUT2D eigenvalue weighted by Gasteiger charge is -2.19. The molecular formula is C12H21N3O. The highest BCUT2D eigenvalue weighted by molar-refractivity contribution is 5.50. The van der Waals surface area contributed by atoms with Crippen LogP contribution in [0, 0.1) is 18.8 Å². The summed E-state index contributed by atoms with van der Waals surface area (Å²) in [6.45, 7) is 8.73. The topological polar surface area (TPSA) is 41.3 Å². The van der Waals surface area contributed by atoms with Gasteiger partial charge in [-0.2, -0.15) is 5.10 Å². The summed E-state index contributed by atoms with van der Waals surface area (Å²) in [5.41, 5.74) is 1.91. The summed E-state index contributed by atoms with van der Waals surface area (Å²) < 4.78 is 1.89. The largest absolute Gasteiger partial charge is 0.391 e. The van der Waals surface area contributed by atoms with Crippen molar-refractivity contribution in [1.29, 1.82) is 0 Å². The fourth-order valence-electron chi connectivity index (χ4n) is 2.57. The van der Waals surface area contributed by atoms with E-state index in [9.17, 15) is 5.11 Å². The number of aliphatic hydroxyl groups is 1. The third-order valence-electron chi connectivity index (χ3n) is 3.76. The minimum Gasteiger partial charge on any atom is -0.391 e. The number of hydrogen-bond acceptors (Lipinski definition) is 3. The summed E-state index contributed by atoms with van der Waals surface area (Å²) in [6, 6.07) is 0. The van der Waals surface area contributed by atoms with E-state index in [0.29, 0.717) is 11.8 Å². The van der Waals surface area contributed by atoms with Gasteiger partial charge in [-0.3, -0.25) is 4.68 Å². The number of aliphatic hydroxyl groups excluding tert-OH is 1. The minimum atomic E-state index is 0.0776. The molecule has 0 bridgehead atoms. The highest BCUT2D eigenvalue weighted by atomic mass is 16.3. The summed E-state index contributed by atoms with van der Waals surface area (Å²) in [5, 5.41) is 13.8. The normalized spacial score (nSPS) is 25.4. The Balaban J connectivity index is 2.33. The maximum atomic E-state index is 9.42. The summed E-state index contributed by atoms with van der Waals surface area (Å²) >= 11 is 0. The molecule has 4 nitrogen and oxygen atoms in total. The maximum absolute atomic E-state index is 9.42. The molecule has 1 aromatic rings. The zero-order chi connectivity index (χ0) is 11.9. The van der Waals surface area contributed by atoms with Crippen LogP contribution in [0.2, 0.25) is 0 Å². The third-order valence-corrected chi connectivity index (χ3v) is 3.76. The Morgan fingerprint density at radius 2 is 1.88 bits per heavy atom. The molecule has 0 amide bonds. The van der Waals surface area contributed by atoms with Crippen molar-refractivity contribution >= 4 is 5.82 Å². The van der Waals surface area contributed by atoms with Gasteiger partial charge in [-0.25, -0.2) is 0 Å². The lowest BCUT2D eigenvalue weighted by atomic mass is 10.0. The van der Waals surface area contributed by atoms with Gasteiger partial charge < -0.3 is 10.0 Å². The molecule has 2 unspecified atom stereocenters. The molecule has 1 aliphatic heterocycles. The second-order valence-corrected chi connectivity index (χ2v) is 5.03. The molecule has 16 heavy (non-hydrogen) atoms. The molecule has 2 atom stereocenters. The van der Waals surface area contributed by atoms with Crippen molar-refractivity contribution in [2.75, 3.05) is 18.0 Å². The Morgan fingerprint density at radius 3 is 2.38 bits per heavy atom. The van der Waals surface area contributed by atoms with Crippen LogP contribution >= 0.6 is 0 Å². The van der Waals surface area contributed by atoms with Gasteiger partial charge in [0.15, 0.2) is 0 Å². The summed E-state index contributed by atoms with van der Waals surface area (Å²) in [4.78, 5) is 2.35. The molecule has 0 aromatic carbocycles. The van der Waals surface area contributed by atoms with E-state index in [1.54, 1.807) is 0 Å². The molecule has 1 aliphatic rings. The van der Waals surface area contributed by atoms with Gasteiger partial charge in [0, 0.05) is 25.7 Å². The SMILES string of the molecule is Cc1nn(C)c(N2CC(C)C(C)C2)c1CO. The number of anilines is 1. The Kier molecular flexibility index (Phi) is 2.93. The summed E-state index contributed by atoms with van der Waals surface area (Å²) in [5.74, 6) is 2.51. The highest BCUT2D eigenvalue weighted by Crippen LogP contribution is 2.31. The first-order chi connectivity index (χ1) is 7.54. The van der Waals surface area contributed by atoms with E-state index in [1.165, 1.54) is 0 Å². The molecule has 90 valence electrons. The molecule has 0 radical (unpaired) electrons. The Morgan fingerprint density at radius 1 is 1.31 bits per heavy atom. The summed E-state index contributed by atoms with van der Waals surface area (Å²) in [7, 11) is 1.95. The minimum absolute atomic E-state index is 0.0776.